The summed E-state index contributed by atoms with van der Waals surface area (Å²) in [5.74, 6) is 0.587. The lowest BCUT2D eigenvalue weighted by atomic mass is 10.5. The zero-order valence-electron chi connectivity index (χ0n) is 8.82. The molecule has 2 amide bonds. The minimum absolute atomic E-state index is 0.103. The molecule has 0 fully saturated rings. The van der Waals surface area contributed by atoms with Gasteiger partial charge >= 0.3 is 6.03 Å². The van der Waals surface area contributed by atoms with Gasteiger partial charge in [-0.1, -0.05) is 0 Å². The third-order valence-corrected chi connectivity index (χ3v) is 2.00. The van der Waals surface area contributed by atoms with Gasteiger partial charge in [-0.15, -0.1) is 0 Å². The number of carbonyl (C=O) groups is 1. The Morgan fingerprint density at radius 3 is 2.64 bits per heavy atom. The smallest absolute Gasteiger partial charge is 0.323 e. The molecule has 0 bridgehead atoms. The zero-order valence-corrected chi connectivity index (χ0v) is 8.82. The van der Waals surface area contributed by atoms with Crippen LogP contribution >= 0.6 is 0 Å². The van der Waals surface area contributed by atoms with Crippen LogP contribution in [0.15, 0.2) is 12.3 Å². The van der Waals surface area contributed by atoms with Crippen molar-refractivity contribution in [2.24, 2.45) is 7.05 Å². The number of hydrogen-bond acceptors (Lipinski definition) is 2. The molecule has 0 saturated heterocycles. The number of anilines is 1. The molecule has 0 aromatic carbocycles. The summed E-state index contributed by atoms with van der Waals surface area (Å²) >= 11 is 0. The highest BCUT2D eigenvalue weighted by Gasteiger charge is 2.09. The van der Waals surface area contributed by atoms with E-state index in [1.54, 1.807) is 21.8 Å². The van der Waals surface area contributed by atoms with Crippen molar-refractivity contribution in [2.75, 3.05) is 18.4 Å². The topological polar surface area (TPSA) is 50.2 Å². The summed E-state index contributed by atoms with van der Waals surface area (Å²) in [4.78, 5) is 13.3. The van der Waals surface area contributed by atoms with Gasteiger partial charge in [-0.3, -0.25) is 10.00 Å². The maximum atomic E-state index is 11.5. The van der Waals surface area contributed by atoms with Crippen LogP contribution in [0.1, 0.15) is 13.8 Å². The summed E-state index contributed by atoms with van der Waals surface area (Å²) < 4.78 is 1.65. The van der Waals surface area contributed by atoms with Crippen LogP contribution in [-0.2, 0) is 7.05 Å². The number of urea groups is 1. The van der Waals surface area contributed by atoms with Crippen LogP contribution in [0.4, 0.5) is 10.6 Å². The molecule has 1 aromatic rings. The monoisotopic (exact) mass is 196 g/mol. The molecular formula is C9H16N4O. The van der Waals surface area contributed by atoms with Crippen molar-refractivity contribution in [2.45, 2.75) is 13.8 Å². The minimum Gasteiger partial charge on any atom is -0.325 e. The van der Waals surface area contributed by atoms with Crippen molar-refractivity contribution in [3.8, 4) is 0 Å². The second-order valence-electron chi connectivity index (χ2n) is 2.98. The number of hydrogen-bond donors (Lipinski definition) is 1. The average molecular weight is 196 g/mol. The number of aromatic nitrogens is 2. The van der Waals surface area contributed by atoms with Gasteiger partial charge in [-0.25, -0.2) is 4.79 Å². The Hall–Kier alpha value is -1.52. The molecule has 1 heterocycles. The molecule has 14 heavy (non-hydrogen) atoms. The number of aryl methyl sites for hydroxylation is 1. The molecule has 0 spiro atoms. The first-order valence-electron chi connectivity index (χ1n) is 4.73. The van der Waals surface area contributed by atoms with Crippen molar-refractivity contribution < 1.29 is 4.79 Å². The lowest BCUT2D eigenvalue weighted by molar-refractivity contribution is 0.217. The predicted octanol–water partition coefficient (Wildman–Crippen LogP) is 1.29. The van der Waals surface area contributed by atoms with Crippen LogP contribution in [0, 0.1) is 0 Å². The van der Waals surface area contributed by atoms with Crippen LogP contribution in [-0.4, -0.2) is 33.8 Å². The first kappa shape index (κ1) is 10.6. The second kappa shape index (κ2) is 4.64. The summed E-state index contributed by atoms with van der Waals surface area (Å²) in [7, 11) is 1.81. The van der Waals surface area contributed by atoms with Gasteiger partial charge in [0.1, 0.15) is 0 Å². The largest absolute Gasteiger partial charge is 0.325 e. The molecule has 0 aliphatic carbocycles. The van der Waals surface area contributed by atoms with Gasteiger partial charge in [0.05, 0.1) is 0 Å². The fourth-order valence-electron chi connectivity index (χ4n) is 1.18. The highest BCUT2D eigenvalue weighted by Crippen LogP contribution is 2.02. The molecule has 1 aromatic heterocycles. The van der Waals surface area contributed by atoms with E-state index in [9.17, 15) is 4.79 Å². The maximum absolute atomic E-state index is 11.5. The molecule has 0 atom stereocenters. The number of carbonyl (C=O) groups excluding carboxylic acids is 1. The Balaban J connectivity index is 2.56. The maximum Gasteiger partial charge on any atom is 0.323 e. The van der Waals surface area contributed by atoms with Crippen LogP contribution in [0.25, 0.3) is 0 Å². The third kappa shape index (κ3) is 2.48. The highest BCUT2D eigenvalue weighted by molar-refractivity contribution is 5.88. The lowest BCUT2D eigenvalue weighted by Gasteiger charge is -2.17. The van der Waals surface area contributed by atoms with Gasteiger partial charge in [0.25, 0.3) is 0 Å². The molecule has 78 valence electrons. The van der Waals surface area contributed by atoms with Crippen LogP contribution in [0.2, 0.25) is 0 Å². The quantitative estimate of drug-likeness (QED) is 0.792. The Morgan fingerprint density at radius 2 is 2.21 bits per heavy atom. The Morgan fingerprint density at radius 1 is 1.57 bits per heavy atom. The Labute approximate surface area is 83.7 Å². The van der Waals surface area contributed by atoms with Crippen molar-refractivity contribution in [3.63, 3.8) is 0 Å². The molecule has 5 heteroatoms. The standard InChI is InChI=1S/C9H16N4O/c1-4-13(5-2)9(14)10-8-6-7-12(3)11-8/h6-7H,4-5H2,1-3H3,(H,10,11,14). The van der Waals surface area contributed by atoms with E-state index in [1.165, 1.54) is 0 Å². The lowest BCUT2D eigenvalue weighted by Crippen LogP contribution is -2.34. The molecule has 5 nitrogen and oxygen atoms in total. The predicted molar refractivity (Wildman–Crippen MR) is 55.1 cm³/mol. The summed E-state index contributed by atoms with van der Waals surface area (Å²) in [6.07, 6.45) is 1.79. The Kier molecular flexibility index (Phi) is 3.50. The van der Waals surface area contributed by atoms with Crippen LogP contribution in [0.5, 0.6) is 0 Å². The molecule has 0 radical (unpaired) electrons. The van der Waals surface area contributed by atoms with E-state index in [2.05, 4.69) is 10.4 Å². The average Bonchev–Trinajstić information content (AvgIpc) is 2.53. The number of amides is 2. The second-order valence-corrected chi connectivity index (χ2v) is 2.98. The molecule has 0 unspecified atom stereocenters. The van der Waals surface area contributed by atoms with E-state index < -0.39 is 0 Å². The van der Waals surface area contributed by atoms with Gasteiger partial charge in [0.15, 0.2) is 5.82 Å². The van der Waals surface area contributed by atoms with Gasteiger partial charge in [-0.2, -0.15) is 5.10 Å². The Bertz CT molecular complexity index is 304. The highest BCUT2D eigenvalue weighted by atomic mass is 16.2. The van der Waals surface area contributed by atoms with Crippen LogP contribution in [0.3, 0.4) is 0 Å². The molecular weight excluding hydrogens is 180 g/mol. The van der Waals surface area contributed by atoms with E-state index in [-0.39, 0.29) is 6.03 Å². The summed E-state index contributed by atoms with van der Waals surface area (Å²) in [5.41, 5.74) is 0. The van der Waals surface area contributed by atoms with E-state index in [0.717, 1.165) is 0 Å². The number of rotatable bonds is 3. The molecule has 0 aliphatic heterocycles. The van der Waals surface area contributed by atoms with Gasteiger partial charge in [-0.05, 0) is 13.8 Å². The van der Waals surface area contributed by atoms with Crippen molar-refractivity contribution >= 4 is 11.8 Å². The van der Waals surface area contributed by atoms with Crippen molar-refractivity contribution in [1.29, 1.82) is 0 Å². The van der Waals surface area contributed by atoms with E-state index >= 15 is 0 Å². The van der Waals surface area contributed by atoms with E-state index in [1.807, 2.05) is 20.9 Å². The zero-order chi connectivity index (χ0) is 10.6. The summed E-state index contributed by atoms with van der Waals surface area (Å²) in [6, 6.07) is 1.66. The van der Waals surface area contributed by atoms with E-state index in [0.29, 0.717) is 18.9 Å². The van der Waals surface area contributed by atoms with Crippen molar-refractivity contribution in [1.82, 2.24) is 14.7 Å². The van der Waals surface area contributed by atoms with Crippen molar-refractivity contribution in [3.05, 3.63) is 12.3 Å². The fourth-order valence-corrected chi connectivity index (χ4v) is 1.18. The molecule has 0 saturated carbocycles. The first-order chi connectivity index (χ1) is 6.67. The first-order valence-corrected chi connectivity index (χ1v) is 4.73. The fraction of sp³-hybridized carbons (Fsp3) is 0.556. The minimum atomic E-state index is -0.103. The number of nitrogens with zero attached hydrogens (tertiary/aromatic N) is 3. The molecule has 0 aliphatic rings. The number of nitrogens with one attached hydrogen (secondary N) is 1. The van der Waals surface area contributed by atoms with Gasteiger partial charge < -0.3 is 4.90 Å². The summed E-state index contributed by atoms with van der Waals surface area (Å²) in [6.45, 7) is 5.30. The third-order valence-electron chi connectivity index (χ3n) is 2.00. The normalized spacial score (nSPS) is 9.93. The molecule has 1 rings (SSSR count). The van der Waals surface area contributed by atoms with Gasteiger partial charge in [0.2, 0.25) is 0 Å². The SMILES string of the molecule is CCN(CC)C(=O)Nc1ccn(C)n1. The van der Waals surface area contributed by atoms with E-state index in [4.69, 9.17) is 0 Å². The van der Waals surface area contributed by atoms with Crippen LogP contribution < -0.4 is 5.32 Å². The summed E-state index contributed by atoms with van der Waals surface area (Å²) in [5, 5.41) is 6.78. The van der Waals surface area contributed by atoms with Gasteiger partial charge in [0, 0.05) is 32.4 Å². The molecule has 1 N–H and O–H groups in total.